The molecule has 0 aromatic heterocycles. The van der Waals surface area contributed by atoms with Crippen molar-refractivity contribution in [1.82, 2.24) is 0 Å². The van der Waals surface area contributed by atoms with Gasteiger partial charge in [-0.3, -0.25) is 4.21 Å². The van der Waals surface area contributed by atoms with Crippen molar-refractivity contribution in [2.24, 2.45) is 17.6 Å². The molecule has 3 nitrogen and oxygen atoms in total. The lowest BCUT2D eigenvalue weighted by Crippen LogP contribution is -2.37. The molecule has 2 N–H and O–H groups in total. The molecule has 0 amide bonds. The largest absolute Gasteiger partial charge is 0.497 e. The zero-order valence-electron chi connectivity index (χ0n) is 12.4. The fraction of sp³-hybridized carbons (Fsp3) is 0.625. The van der Waals surface area contributed by atoms with Gasteiger partial charge >= 0.3 is 0 Å². The fourth-order valence-electron chi connectivity index (χ4n) is 3.08. The lowest BCUT2D eigenvalue weighted by molar-refractivity contribution is 0.280. The third-order valence-electron chi connectivity index (χ3n) is 4.47. The van der Waals surface area contributed by atoms with E-state index in [0.717, 1.165) is 23.5 Å². The summed E-state index contributed by atoms with van der Waals surface area (Å²) >= 11 is 0. The Morgan fingerprint density at radius 1 is 1.40 bits per heavy atom. The van der Waals surface area contributed by atoms with E-state index in [2.05, 4.69) is 6.92 Å². The molecule has 0 bridgehead atoms. The van der Waals surface area contributed by atoms with Gasteiger partial charge in [0.2, 0.25) is 0 Å². The molecule has 4 unspecified atom stereocenters. The van der Waals surface area contributed by atoms with Crippen LogP contribution in [-0.4, -0.2) is 23.1 Å². The van der Waals surface area contributed by atoms with E-state index in [1.54, 1.807) is 7.11 Å². The number of methoxy groups -OCH3 is 1. The predicted octanol–water partition coefficient (Wildman–Crippen LogP) is 2.96. The Labute approximate surface area is 124 Å². The van der Waals surface area contributed by atoms with Gasteiger partial charge < -0.3 is 10.5 Å². The van der Waals surface area contributed by atoms with Crippen LogP contribution in [0.3, 0.4) is 0 Å². The number of hydrogen-bond acceptors (Lipinski definition) is 3. The molecule has 0 saturated heterocycles. The Hall–Kier alpha value is -0.870. The Kier molecular flexibility index (Phi) is 5.61. The van der Waals surface area contributed by atoms with Crippen LogP contribution in [0.2, 0.25) is 0 Å². The summed E-state index contributed by atoms with van der Waals surface area (Å²) in [5.41, 5.74) is 5.89. The van der Waals surface area contributed by atoms with Gasteiger partial charge in [0.15, 0.2) is 0 Å². The van der Waals surface area contributed by atoms with E-state index < -0.39 is 10.8 Å². The van der Waals surface area contributed by atoms with Gasteiger partial charge in [-0.2, -0.15) is 0 Å². The first-order valence-corrected chi connectivity index (χ1v) is 8.65. The fourth-order valence-corrected chi connectivity index (χ4v) is 4.92. The van der Waals surface area contributed by atoms with Crippen molar-refractivity contribution < 1.29 is 8.95 Å². The number of ether oxygens (including phenoxy) is 1. The molecule has 0 heterocycles. The summed E-state index contributed by atoms with van der Waals surface area (Å²) in [4.78, 5) is 0.865. The molecule has 0 aliphatic heterocycles. The van der Waals surface area contributed by atoms with E-state index >= 15 is 0 Å². The first-order valence-electron chi connectivity index (χ1n) is 7.44. The SMILES string of the molecule is CCC1CCC(CN)C(S(=O)c2cccc(OC)c2)C1. The maximum Gasteiger partial charge on any atom is 0.120 e. The van der Waals surface area contributed by atoms with Gasteiger partial charge in [-0.25, -0.2) is 0 Å². The summed E-state index contributed by atoms with van der Waals surface area (Å²) in [6, 6.07) is 7.61. The van der Waals surface area contributed by atoms with Crippen molar-refractivity contribution >= 4 is 10.8 Å². The van der Waals surface area contributed by atoms with Gasteiger partial charge in [0.1, 0.15) is 5.75 Å². The monoisotopic (exact) mass is 295 g/mol. The van der Waals surface area contributed by atoms with E-state index in [0.29, 0.717) is 18.4 Å². The number of nitrogens with two attached hydrogens (primary N) is 1. The van der Waals surface area contributed by atoms with Gasteiger partial charge in [0, 0.05) is 10.1 Å². The minimum Gasteiger partial charge on any atom is -0.497 e. The average molecular weight is 295 g/mol. The van der Waals surface area contributed by atoms with Crippen LogP contribution < -0.4 is 10.5 Å². The Bertz CT molecular complexity index is 464. The highest BCUT2D eigenvalue weighted by Gasteiger charge is 2.33. The topological polar surface area (TPSA) is 52.3 Å². The second-order valence-corrected chi connectivity index (χ2v) is 7.27. The van der Waals surface area contributed by atoms with Crippen LogP contribution in [0, 0.1) is 11.8 Å². The molecule has 0 spiro atoms. The molecule has 20 heavy (non-hydrogen) atoms. The van der Waals surface area contributed by atoms with E-state index in [-0.39, 0.29) is 5.25 Å². The molecular formula is C16H25NO2S. The van der Waals surface area contributed by atoms with Crippen LogP contribution in [0.5, 0.6) is 5.75 Å². The average Bonchev–Trinajstić information content (AvgIpc) is 2.53. The van der Waals surface area contributed by atoms with Crippen LogP contribution in [0.25, 0.3) is 0 Å². The summed E-state index contributed by atoms with van der Waals surface area (Å²) in [7, 11) is 0.643. The number of hydrogen-bond donors (Lipinski definition) is 1. The molecular weight excluding hydrogens is 270 g/mol. The molecule has 1 aromatic rings. The molecule has 1 saturated carbocycles. The van der Waals surface area contributed by atoms with Gasteiger partial charge in [-0.15, -0.1) is 0 Å². The Balaban J connectivity index is 2.19. The lowest BCUT2D eigenvalue weighted by atomic mass is 9.80. The van der Waals surface area contributed by atoms with E-state index in [4.69, 9.17) is 10.5 Å². The molecule has 2 rings (SSSR count). The minimum atomic E-state index is -0.994. The zero-order chi connectivity index (χ0) is 14.5. The molecule has 4 atom stereocenters. The third-order valence-corrected chi connectivity index (χ3v) is 6.31. The summed E-state index contributed by atoms with van der Waals surface area (Å²) in [6.07, 6.45) is 4.53. The van der Waals surface area contributed by atoms with Gasteiger partial charge in [-0.1, -0.05) is 25.8 Å². The van der Waals surface area contributed by atoms with Gasteiger partial charge in [-0.05, 0) is 49.4 Å². The zero-order valence-corrected chi connectivity index (χ0v) is 13.2. The van der Waals surface area contributed by atoms with Crippen LogP contribution in [-0.2, 0) is 10.8 Å². The van der Waals surface area contributed by atoms with Crippen molar-refractivity contribution in [2.75, 3.05) is 13.7 Å². The quantitative estimate of drug-likeness (QED) is 0.908. The van der Waals surface area contributed by atoms with Crippen molar-refractivity contribution in [3.05, 3.63) is 24.3 Å². The van der Waals surface area contributed by atoms with Crippen LogP contribution >= 0.6 is 0 Å². The molecule has 1 aliphatic rings. The van der Waals surface area contributed by atoms with Crippen molar-refractivity contribution in [3.63, 3.8) is 0 Å². The van der Waals surface area contributed by atoms with Crippen molar-refractivity contribution in [2.45, 2.75) is 42.8 Å². The lowest BCUT2D eigenvalue weighted by Gasteiger charge is -2.34. The normalized spacial score (nSPS) is 28.1. The van der Waals surface area contributed by atoms with Crippen LogP contribution in [0.4, 0.5) is 0 Å². The molecule has 1 aliphatic carbocycles. The Morgan fingerprint density at radius 2 is 2.20 bits per heavy atom. The minimum absolute atomic E-state index is 0.186. The maximum absolute atomic E-state index is 12.9. The smallest absolute Gasteiger partial charge is 0.120 e. The van der Waals surface area contributed by atoms with Gasteiger partial charge in [0.05, 0.1) is 17.9 Å². The van der Waals surface area contributed by atoms with E-state index in [1.165, 1.54) is 12.8 Å². The van der Waals surface area contributed by atoms with Crippen LogP contribution in [0.1, 0.15) is 32.6 Å². The second-order valence-electron chi connectivity index (χ2n) is 5.60. The molecule has 4 heteroatoms. The summed E-state index contributed by atoms with van der Waals surface area (Å²) < 4.78 is 18.1. The first-order chi connectivity index (χ1) is 9.69. The number of rotatable bonds is 5. The molecule has 0 radical (unpaired) electrons. The maximum atomic E-state index is 12.9. The van der Waals surface area contributed by atoms with Gasteiger partial charge in [0.25, 0.3) is 0 Å². The summed E-state index contributed by atoms with van der Waals surface area (Å²) in [6.45, 7) is 2.86. The molecule has 1 aromatic carbocycles. The summed E-state index contributed by atoms with van der Waals surface area (Å²) in [5.74, 6) is 1.84. The highest BCUT2D eigenvalue weighted by molar-refractivity contribution is 7.85. The van der Waals surface area contributed by atoms with E-state index in [1.807, 2.05) is 24.3 Å². The highest BCUT2D eigenvalue weighted by Crippen LogP contribution is 2.35. The second kappa shape index (κ2) is 7.23. The van der Waals surface area contributed by atoms with Crippen molar-refractivity contribution in [3.8, 4) is 5.75 Å². The van der Waals surface area contributed by atoms with Crippen molar-refractivity contribution in [1.29, 1.82) is 0 Å². The predicted molar refractivity (Wildman–Crippen MR) is 83.4 cm³/mol. The summed E-state index contributed by atoms with van der Waals surface area (Å²) in [5, 5.41) is 0.186. The molecule has 112 valence electrons. The highest BCUT2D eigenvalue weighted by atomic mass is 32.2. The standard InChI is InChI=1S/C16H25NO2S/c1-3-12-7-8-13(11-17)16(9-12)20(18)15-6-4-5-14(10-15)19-2/h4-6,10,12-13,16H,3,7-9,11,17H2,1-2H3. The number of benzene rings is 1. The Morgan fingerprint density at radius 3 is 2.85 bits per heavy atom. The first kappa shape index (κ1) is 15.5. The molecule has 1 fully saturated rings. The van der Waals surface area contributed by atoms with E-state index in [9.17, 15) is 4.21 Å². The third kappa shape index (κ3) is 3.41. The van der Waals surface area contributed by atoms with Crippen LogP contribution in [0.15, 0.2) is 29.2 Å².